The van der Waals surface area contributed by atoms with Gasteiger partial charge in [-0.05, 0) is 18.4 Å². The number of nitrogens with zero attached hydrogens (tertiary/aromatic N) is 1. The number of aromatic amines is 1. The lowest BCUT2D eigenvalue weighted by Gasteiger charge is -2.17. The van der Waals surface area contributed by atoms with Crippen molar-refractivity contribution < 1.29 is 0 Å². The van der Waals surface area contributed by atoms with Crippen LogP contribution < -0.4 is 5.32 Å². The molecule has 2 rings (SSSR count). The van der Waals surface area contributed by atoms with Crippen LogP contribution in [0.1, 0.15) is 26.3 Å². The molecule has 2 aromatic rings. The van der Waals surface area contributed by atoms with Crippen molar-refractivity contribution in [1.29, 1.82) is 0 Å². The zero-order chi connectivity index (χ0) is 13.0. The van der Waals surface area contributed by atoms with Crippen molar-refractivity contribution >= 4 is 0 Å². The summed E-state index contributed by atoms with van der Waals surface area (Å²) in [7, 11) is 0. The molecule has 2 N–H and O–H groups in total. The van der Waals surface area contributed by atoms with Gasteiger partial charge in [-0.1, -0.05) is 44.2 Å². The van der Waals surface area contributed by atoms with Gasteiger partial charge in [-0.25, -0.2) is 0 Å². The molecule has 0 radical (unpaired) electrons. The van der Waals surface area contributed by atoms with E-state index in [2.05, 4.69) is 48.4 Å². The molecule has 0 fully saturated rings. The van der Waals surface area contributed by atoms with Gasteiger partial charge in [-0.3, -0.25) is 5.10 Å². The number of aromatic nitrogens is 2. The molecule has 0 bridgehead atoms. The number of benzene rings is 1. The predicted molar refractivity (Wildman–Crippen MR) is 75.2 cm³/mol. The molecule has 0 saturated heterocycles. The summed E-state index contributed by atoms with van der Waals surface area (Å²) in [5.74, 6) is 0.636. The smallest absolute Gasteiger partial charge is 0.0695 e. The highest BCUT2D eigenvalue weighted by Gasteiger charge is 2.10. The molecule has 1 atom stereocenters. The highest BCUT2D eigenvalue weighted by molar-refractivity contribution is 5.62. The summed E-state index contributed by atoms with van der Waals surface area (Å²) in [5, 5.41) is 10.8. The van der Waals surface area contributed by atoms with Gasteiger partial charge in [0, 0.05) is 18.2 Å². The van der Waals surface area contributed by atoms with Crippen molar-refractivity contribution in [3.05, 3.63) is 42.1 Å². The molecule has 0 spiro atoms. The van der Waals surface area contributed by atoms with Gasteiger partial charge < -0.3 is 5.32 Å². The Hall–Kier alpha value is -1.61. The summed E-state index contributed by atoms with van der Waals surface area (Å²) in [6.45, 7) is 7.52. The molecule has 0 aliphatic heterocycles. The molecule has 0 saturated carbocycles. The fourth-order valence-electron chi connectivity index (χ4n) is 1.81. The van der Waals surface area contributed by atoms with E-state index in [-0.39, 0.29) is 0 Å². The molecule has 1 heterocycles. The van der Waals surface area contributed by atoms with Crippen molar-refractivity contribution in [1.82, 2.24) is 15.5 Å². The average molecular weight is 243 g/mol. The van der Waals surface area contributed by atoms with Crippen LogP contribution >= 0.6 is 0 Å². The number of nitrogens with one attached hydrogen (secondary N) is 2. The van der Waals surface area contributed by atoms with E-state index < -0.39 is 0 Å². The number of hydrogen-bond donors (Lipinski definition) is 2. The van der Waals surface area contributed by atoms with Crippen molar-refractivity contribution in [2.75, 3.05) is 0 Å². The Morgan fingerprint density at radius 3 is 2.56 bits per heavy atom. The van der Waals surface area contributed by atoms with E-state index in [4.69, 9.17) is 0 Å². The number of rotatable bonds is 5. The summed E-state index contributed by atoms with van der Waals surface area (Å²) in [6, 6.07) is 10.8. The molecule has 3 nitrogen and oxygen atoms in total. The second-order valence-corrected chi connectivity index (χ2v) is 5.05. The second kappa shape index (κ2) is 5.83. The minimum atomic E-state index is 0.503. The highest BCUT2D eigenvalue weighted by atomic mass is 15.1. The molecule has 1 unspecified atom stereocenters. The minimum Gasteiger partial charge on any atom is -0.310 e. The zero-order valence-electron chi connectivity index (χ0n) is 11.3. The van der Waals surface area contributed by atoms with Crippen LogP contribution in [0, 0.1) is 5.92 Å². The van der Waals surface area contributed by atoms with Crippen LogP contribution in [0.25, 0.3) is 11.3 Å². The van der Waals surface area contributed by atoms with Gasteiger partial charge in [0.25, 0.3) is 0 Å². The fourth-order valence-corrected chi connectivity index (χ4v) is 1.81. The second-order valence-electron chi connectivity index (χ2n) is 5.05. The number of H-pyrrole nitrogens is 1. The van der Waals surface area contributed by atoms with E-state index in [1.54, 1.807) is 0 Å². The Morgan fingerprint density at radius 1 is 1.17 bits per heavy atom. The standard InChI is InChI=1S/C15H21N3/c1-11(2)12(3)16-9-14-10-17-18-15(14)13-7-5-4-6-8-13/h4-8,10-12,16H,9H2,1-3H3,(H,17,18). The van der Waals surface area contributed by atoms with E-state index in [0.717, 1.165) is 12.2 Å². The predicted octanol–water partition coefficient (Wildman–Crippen LogP) is 3.21. The summed E-state index contributed by atoms with van der Waals surface area (Å²) in [6.07, 6.45) is 1.91. The van der Waals surface area contributed by atoms with Gasteiger partial charge in [-0.2, -0.15) is 5.10 Å². The highest BCUT2D eigenvalue weighted by Crippen LogP contribution is 2.20. The SMILES string of the molecule is CC(C)C(C)NCc1cn[nH]c1-c1ccccc1. The van der Waals surface area contributed by atoms with E-state index >= 15 is 0 Å². The zero-order valence-corrected chi connectivity index (χ0v) is 11.3. The molecule has 0 aliphatic rings. The molecular formula is C15H21N3. The van der Waals surface area contributed by atoms with Crippen LogP contribution in [0.5, 0.6) is 0 Å². The Bertz CT molecular complexity index is 473. The van der Waals surface area contributed by atoms with Gasteiger partial charge in [0.2, 0.25) is 0 Å². The largest absolute Gasteiger partial charge is 0.310 e. The number of hydrogen-bond acceptors (Lipinski definition) is 2. The van der Waals surface area contributed by atoms with Crippen molar-refractivity contribution in [3.63, 3.8) is 0 Å². The summed E-state index contributed by atoms with van der Waals surface area (Å²) in [5.41, 5.74) is 3.51. The van der Waals surface area contributed by atoms with Crippen molar-refractivity contribution in [2.24, 2.45) is 5.92 Å². The first-order valence-corrected chi connectivity index (χ1v) is 6.49. The molecule has 0 aliphatic carbocycles. The van der Waals surface area contributed by atoms with Gasteiger partial charge in [-0.15, -0.1) is 0 Å². The first-order valence-electron chi connectivity index (χ1n) is 6.49. The third kappa shape index (κ3) is 2.99. The first kappa shape index (κ1) is 12.8. The van der Waals surface area contributed by atoms with Gasteiger partial charge >= 0.3 is 0 Å². The maximum absolute atomic E-state index is 4.16. The molecule has 1 aromatic heterocycles. The fraction of sp³-hybridized carbons (Fsp3) is 0.400. The van der Waals surface area contributed by atoms with Crippen LogP contribution in [0.4, 0.5) is 0 Å². The summed E-state index contributed by atoms with van der Waals surface area (Å²) >= 11 is 0. The molecule has 96 valence electrons. The van der Waals surface area contributed by atoms with E-state index in [1.807, 2.05) is 24.4 Å². The monoisotopic (exact) mass is 243 g/mol. The van der Waals surface area contributed by atoms with Crippen LogP contribution in [0.2, 0.25) is 0 Å². The normalized spacial score (nSPS) is 12.9. The lowest BCUT2D eigenvalue weighted by Crippen LogP contribution is -2.30. The quantitative estimate of drug-likeness (QED) is 0.846. The van der Waals surface area contributed by atoms with Crippen molar-refractivity contribution in [2.45, 2.75) is 33.4 Å². The summed E-state index contributed by atoms with van der Waals surface area (Å²) in [4.78, 5) is 0. The first-order chi connectivity index (χ1) is 8.68. The molecular weight excluding hydrogens is 222 g/mol. The maximum atomic E-state index is 4.16. The lowest BCUT2D eigenvalue weighted by molar-refractivity contribution is 0.426. The third-order valence-corrected chi connectivity index (χ3v) is 3.39. The van der Waals surface area contributed by atoms with Crippen molar-refractivity contribution in [3.8, 4) is 11.3 Å². The topological polar surface area (TPSA) is 40.7 Å². The van der Waals surface area contributed by atoms with Crippen LogP contribution in [-0.4, -0.2) is 16.2 Å². The van der Waals surface area contributed by atoms with E-state index in [1.165, 1.54) is 11.1 Å². The third-order valence-electron chi connectivity index (χ3n) is 3.39. The van der Waals surface area contributed by atoms with E-state index in [9.17, 15) is 0 Å². The van der Waals surface area contributed by atoms with E-state index in [0.29, 0.717) is 12.0 Å². The van der Waals surface area contributed by atoms with Crippen LogP contribution in [0.15, 0.2) is 36.5 Å². The average Bonchev–Trinajstić information content (AvgIpc) is 2.85. The van der Waals surface area contributed by atoms with Crippen LogP contribution in [0.3, 0.4) is 0 Å². The Labute approximate surface area is 109 Å². The Balaban J connectivity index is 2.09. The Kier molecular flexibility index (Phi) is 4.15. The molecule has 18 heavy (non-hydrogen) atoms. The molecule has 0 amide bonds. The van der Waals surface area contributed by atoms with Gasteiger partial charge in [0.1, 0.15) is 0 Å². The van der Waals surface area contributed by atoms with Crippen LogP contribution in [-0.2, 0) is 6.54 Å². The Morgan fingerprint density at radius 2 is 1.89 bits per heavy atom. The summed E-state index contributed by atoms with van der Waals surface area (Å²) < 4.78 is 0. The molecule has 1 aromatic carbocycles. The van der Waals surface area contributed by atoms with Gasteiger partial charge in [0.05, 0.1) is 11.9 Å². The maximum Gasteiger partial charge on any atom is 0.0695 e. The lowest BCUT2D eigenvalue weighted by atomic mass is 10.1. The van der Waals surface area contributed by atoms with Gasteiger partial charge in [0.15, 0.2) is 0 Å². The molecule has 3 heteroatoms. The minimum absolute atomic E-state index is 0.503.